The van der Waals surface area contributed by atoms with Crippen molar-refractivity contribution in [3.8, 4) is 0 Å². The van der Waals surface area contributed by atoms with E-state index in [1.165, 1.54) is 18.1 Å². The molecule has 4 heterocycles. The highest BCUT2D eigenvalue weighted by atomic mass is 31.2. The van der Waals surface area contributed by atoms with Crippen LogP contribution in [0.15, 0.2) is 70.7 Å². The highest BCUT2D eigenvalue weighted by molar-refractivity contribution is 7.47. The monoisotopic (exact) mass is 1480 g/mol. The first-order chi connectivity index (χ1) is 47.6. The van der Waals surface area contributed by atoms with Gasteiger partial charge in [0.15, 0.2) is 61.5 Å². The van der Waals surface area contributed by atoms with Gasteiger partial charge in [0.2, 0.25) is 17.7 Å². The van der Waals surface area contributed by atoms with Crippen molar-refractivity contribution in [1.82, 2.24) is 16.0 Å². The normalized spacial score (nSPS) is 32.6. The number of carbonyl (C=O) groups excluding carboxylic acids is 7. The number of hydrogen-bond donors (Lipinski definition) is 14. The smallest absolute Gasteiger partial charge is 0.474 e. The second kappa shape index (κ2) is 38.6. The molecule has 0 aromatic carbocycles. The number of ketones is 1. The summed E-state index contributed by atoms with van der Waals surface area (Å²) in [6, 6.07) is -3.84. The number of hydrogen-bond acceptors (Lipinski definition) is 29. The van der Waals surface area contributed by atoms with Crippen LogP contribution in [0.1, 0.15) is 134 Å². The summed E-state index contributed by atoms with van der Waals surface area (Å²) in [5.74, 6) is -9.96. The van der Waals surface area contributed by atoms with Crippen LogP contribution in [0.3, 0.4) is 0 Å². The van der Waals surface area contributed by atoms with Crippen LogP contribution in [0.4, 0.5) is 0 Å². The van der Waals surface area contributed by atoms with Gasteiger partial charge in [-0.25, -0.2) is 14.2 Å². The van der Waals surface area contributed by atoms with Crippen molar-refractivity contribution < 1.29 is 150 Å². The van der Waals surface area contributed by atoms with E-state index in [0.29, 0.717) is 12.8 Å². The van der Waals surface area contributed by atoms with Crippen molar-refractivity contribution >= 4 is 55.1 Å². The van der Waals surface area contributed by atoms with Gasteiger partial charge in [0.1, 0.15) is 91.2 Å². The van der Waals surface area contributed by atoms with Gasteiger partial charge >= 0.3 is 25.7 Å². The molecule has 0 aromatic rings. The number of nitrogens with two attached hydrogens (primary N) is 1. The molecule has 36 heteroatoms. The van der Waals surface area contributed by atoms with E-state index in [4.69, 9.17) is 62.1 Å². The molecule has 0 spiro atoms. The summed E-state index contributed by atoms with van der Waals surface area (Å²) in [6.07, 6.45) is -22.3. The number of aliphatic carboxylic acids is 1. The summed E-state index contributed by atoms with van der Waals surface area (Å²) in [5, 5.41) is 106. The van der Waals surface area contributed by atoms with Gasteiger partial charge in [0, 0.05) is 33.6 Å². The minimum absolute atomic E-state index is 0.109. The number of phosphoric acid groups is 1. The van der Waals surface area contributed by atoms with E-state index in [-0.39, 0.29) is 24.9 Å². The number of carboxylic acid groups (broad SMARTS) is 1. The van der Waals surface area contributed by atoms with Crippen molar-refractivity contribution in [3.63, 3.8) is 0 Å². The van der Waals surface area contributed by atoms with Crippen LogP contribution in [0.25, 0.3) is 0 Å². The molecule has 1 aliphatic carbocycles. The fourth-order valence-corrected chi connectivity index (χ4v) is 12.3. The van der Waals surface area contributed by atoms with Gasteiger partial charge in [0.25, 0.3) is 5.91 Å². The molecule has 22 atom stereocenters. The Bertz CT molecular complexity index is 3170. The van der Waals surface area contributed by atoms with Crippen LogP contribution in [0, 0.1) is 5.41 Å². The summed E-state index contributed by atoms with van der Waals surface area (Å²) in [5.41, 5.74) is 6.75. The Kier molecular flexibility index (Phi) is 32.7. The molecule has 102 heavy (non-hydrogen) atoms. The van der Waals surface area contributed by atoms with Gasteiger partial charge in [0.05, 0.1) is 19.3 Å². The first-order valence-corrected chi connectivity index (χ1v) is 34.6. The van der Waals surface area contributed by atoms with E-state index >= 15 is 0 Å². The summed E-state index contributed by atoms with van der Waals surface area (Å²) >= 11 is 0. The Labute approximate surface area is 589 Å². The molecular formula is C66H101N4O31P. The largest absolute Gasteiger partial charge is 0.510 e. The highest BCUT2D eigenvalue weighted by Gasteiger charge is 2.62. The lowest BCUT2D eigenvalue weighted by atomic mass is 9.85. The minimum Gasteiger partial charge on any atom is -0.510 e. The van der Waals surface area contributed by atoms with E-state index in [1.807, 2.05) is 0 Å². The predicted molar refractivity (Wildman–Crippen MR) is 351 cm³/mol. The lowest BCUT2D eigenvalue weighted by Crippen LogP contribution is -2.72. The van der Waals surface area contributed by atoms with Crippen molar-refractivity contribution in [1.29, 1.82) is 0 Å². The molecular weight excluding hydrogens is 1380 g/mol. The molecule has 576 valence electrons. The van der Waals surface area contributed by atoms with Crippen LogP contribution in [0.2, 0.25) is 0 Å². The fourth-order valence-electron chi connectivity index (χ4n) is 11.5. The molecule has 0 aromatic heterocycles. The van der Waals surface area contributed by atoms with Gasteiger partial charge in [-0.05, 0) is 91.9 Å². The number of amides is 4. The number of rotatable bonds is 36. The van der Waals surface area contributed by atoms with Crippen LogP contribution < -0.4 is 21.7 Å². The number of Topliss-reactive ketones (excluding diaryl/α,β-unsaturated/α-hetero) is 1. The second-order valence-electron chi connectivity index (χ2n) is 26.8. The number of esters is 2. The number of aliphatic hydroxyl groups is 8. The summed E-state index contributed by atoms with van der Waals surface area (Å²) < 4.78 is 82.3. The Morgan fingerprint density at radius 2 is 1.37 bits per heavy atom. The van der Waals surface area contributed by atoms with Gasteiger partial charge in [-0.15, -0.1) is 0 Å². The third kappa shape index (κ3) is 24.9. The topological polar surface area (TPSA) is 529 Å². The number of carboxylic acids is 1. The Morgan fingerprint density at radius 1 is 0.775 bits per heavy atom. The average Bonchev–Trinajstić information content (AvgIpc) is 0.813. The number of nitrogens with one attached hydrogen (secondary N) is 3. The van der Waals surface area contributed by atoms with E-state index < -0.39 is 215 Å². The van der Waals surface area contributed by atoms with Gasteiger partial charge < -0.3 is 120 Å². The molecule has 35 nitrogen and oxygen atoms in total. The number of carbonyl (C=O) groups is 8. The summed E-state index contributed by atoms with van der Waals surface area (Å²) in [6.45, 7) is 17.7. The number of allylic oxidation sites excluding steroid dienone is 10. The van der Waals surface area contributed by atoms with Gasteiger partial charge in [-0.1, -0.05) is 73.1 Å². The van der Waals surface area contributed by atoms with Crippen molar-refractivity contribution in [2.24, 2.45) is 11.1 Å². The SMILES string of the molecule is C=C(C/C=C(\C)CCC=C(C)C)CCC(C)(C)/C=C/CC/C(C)=C\CO[C@@H](COP(=O)(O)O[C@@H]1O[C@@H](C(N)=O)[C@](C)(O)[C@@H](OC(C)=O)[C@@H]1O[C@H]1O[C@@H](COC(=O)CO)[C@H](O[C@H]2O[C@@H](C)[C@H](O[C@H]3O[C@@H](C(=O)NC4=C(O)CCC4=O)[C@@H](O)[C@@H](O)[C@@H]3O)[C@@H](O)[C@@H]2NC(C)=O)[C@@H](O)[C@@H]1NC(C)=O)C(=O)O. The van der Waals surface area contributed by atoms with Crippen molar-refractivity contribution in [2.45, 2.75) is 262 Å². The molecule has 4 saturated heterocycles. The zero-order valence-electron chi connectivity index (χ0n) is 58.9. The first-order valence-electron chi connectivity index (χ1n) is 33.1. The van der Waals surface area contributed by atoms with Crippen LogP contribution >= 0.6 is 7.82 Å². The van der Waals surface area contributed by atoms with Crippen LogP contribution in [0.5, 0.6) is 0 Å². The van der Waals surface area contributed by atoms with E-state index in [2.05, 4.69) is 81.5 Å². The maximum Gasteiger partial charge on any atom is 0.474 e. The molecule has 0 bridgehead atoms. The first kappa shape index (κ1) is 86.4. The standard InChI is InChI=1S/C66H101N4O31P/c1-31(2)16-15-18-32(3)19-20-34(5)23-26-65(10,11)25-14-13-17-33(4)24-27-90-42(60(85)86)30-92-102(88,89)101-64-55(56(94-38(9)74)66(12,87)57(100-64)58(67)83)99-62-46(69-37(8)73)48(79)53(41(95-62)29-91-43(77)28-71)97-61-45(68-36(7)72)47(78)52(35(6)93-61)96-63-51(82)49(80)50(81)54(98-63)59(84)70-44-39(75)21-22-40(44)76/h14,16,19,24-25,35,41-42,45-57,61-64,71,75,78-82,87H,5,13,15,17-18,20-23,26-30H2,1-4,6-12H3,(H2,67,83)(H,68,72)(H,69,73)(H,70,84)(H,85,86)(H,88,89)/b25-14+,32-19+,33-24-/t35-,41-,42-,45-,46-,47-,48-,49+,50-,51-,52-,53-,54+,55-,56-,57-,61+,62+,63-,64-,66+/m0/s1. The zero-order valence-corrected chi connectivity index (χ0v) is 59.8. The second-order valence-corrected chi connectivity index (χ2v) is 28.2. The summed E-state index contributed by atoms with van der Waals surface area (Å²) in [7, 11) is -5.76. The van der Waals surface area contributed by atoms with E-state index in [9.17, 15) is 93.8 Å². The molecule has 15 N–H and O–H groups in total. The molecule has 4 aliphatic heterocycles. The van der Waals surface area contributed by atoms with Crippen molar-refractivity contribution in [3.05, 3.63) is 70.7 Å². The minimum atomic E-state index is -5.76. The maximum atomic E-state index is 14.0. The van der Waals surface area contributed by atoms with Gasteiger partial charge in [-0.3, -0.25) is 37.8 Å². The predicted octanol–water partition coefficient (Wildman–Crippen LogP) is 0.159. The third-order valence-electron chi connectivity index (χ3n) is 17.2. The van der Waals surface area contributed by atoms with E-state index in [1.54, 1.807) is 13.0 Å². The fraction of sp³-hybridized carbons (Fsp3) is 0.697. The maximum absolute atomic E-state index is 14.0. The molecule has 4 fully saturated rings. The van der Waals surface area contributed by atoms with E-state index in [0.717, 1.165) is 70.9 Å². The molecule has 0 saturated carbocycles. The molecule has 5 rings (SSSR count). The molecule has 5 aliphatic rings. The summed E-state index contributed by atoms with van der Waals surface area (Å²) in [4.78, 5) is 114. The number of aliphatic hydroxyl groups excluding tert-OH is 7. The lowest BCUT2D eigenvalue weighted by Gasteiger charge is -2.51. The van der Waals surface area contributed by atoms with Crippen LogP contribution in [-0.4, -0.2) is 253 Å². The molecule has 4 amide bonds. The Hall–Kier alpha value is -6.29. The Balaban J connectivity index is 1.35. The number of primary amides is 1. The molecule has 1 unspecified atom stereocenters. The molecule has 0 radical (unpaired) electrons. The van der Waals surface area contributed by atoms with Crippen LogP contribution in [-0.2, 0) is 99.3 Å². The average molecular weight is 1480 g/mol. The zero-order chi connectivity index (χ0) is 76.5. The number of ether oxygens (including phenoxy) is 10. The Morgan fingerprint density at radius 3 is 1.95 bits per heavy atom. The number of phosphoric ester groups is 1. The highest BCUT2D eigenvalue weighted by Crippen LogP contribution is 2.49. The quantitative estimate of drug-likeness (QED) is 0.0226. The van der Waals surface area contributed by atoms with Crippen molar-refractivity contribution in [2.75, 3.05) is 26.4 Å². The van der Waals surface area contributed by atoms with Gasteiger partial charge in [-0.2, -0.15) is 0 Å². The lowest BCUT2D eigenvalue weighted by molar-refractivity contribution is -0.371. The third-order valence-corrected chi connectivity index (χ3v) is 18.2.